The molecular weight excluding hydrogens is 374 g/mol. The second-order valence-corrected chi connectivity index (χ2v) is 6.70. The zero-order chi connectivity index (χ0) is 21.2. The molecule has 0 aromatic heterocycles. The lowest BCUT2D eigenvalue weighted by Gasteiger charge is -2.18. The Morgan fingerprint density at radius 2 is 1.93 bits per heavy atom. The number of methoxy groups -OCH3 is 1. The van der Waals surface area contributed by atoms with Crippen molar-refractivity contribution in [2.24, 2.45) is 0 Å². The molecule has 0 saturated carbocycles. The SMILES string of the molecule is COc1ccc(CC(C)NCC(O)c2ccc(O)c(NC(=O)CNC=O)c2)cc1. The Balaban J connectivity index is 1.90. The topological polar surface area (TPSA) is 120 Å². The average Bonchev–Trinajstić information content (AvgIpc) is 2.72. The van der Waals surface area contributed by atoms with Gasteiger partial charge >= 0.3 is 0 Å². The minimum atomic E-state index is -0.822. The molecule has 2 atom stereocenters. The number of aliphatic hydroxyl groups is 1. The number of benzene rings is 2. The van der Waals surface area contributed by atoms with E-state index in [0.29, 0.717) is 18.5 Å². The van der Waals surface area contributed by atoms with Gasteiger partial charge in [0.05, 0.1) is 25.4 Å². The number of hydrogen-bond acceptors (Lipinski definition) is 6. The van der Waals surface area contributed by atoms with Gasteiger partial charge in [-0.2, -0.15) is 0 Å². The summed E-state index contributed by atoms with van der Waals surface area (Å²) in [6.45, 7) is 2.13. The smallest absolute Gasteiger partial charge is 0.243 e. The quantitative estimate of drug-likeness (QED) is 0.286. The van der Waals surface area contributed by atoms with Crippen LogP contribution in [-0.2, 0) is 16.0 Å². The van der Waals surface area contributed by atoms with Crippen LogP contribution in [0.1, 0.15) is 24.2 Å². The maximum absolute atomic E-state index is 11.7. The Morgan fingerprint density at radius 3 is 2.59 bits per heavy atom. The predicted molar refractivity (Wildman–Crippen MR) is 110 cm³/mol. The third-order valence-electron chi connectivity index (χ3n) is 4.39. The van der Waals surface area contributed by atoms with E-state index >= 15 is 0 Å². The number of anilines is 1. The van der Waals surface area contributed by atoms with Crippen LogP contribution in [0.3, 0.4) is 0 Å². The van der Waals surface area contributed by atoms with Crippen molar-refractivity contribution in [1.82, 2.24) is 10.6 Å². The molecule has 156 valence electrons. The van der Waals surface area contributed by atoms with E-state index in [1.54, 1.807) is 13.2 Å². The molecule has 0 radical (unpaired) electrons. The van der Waals surface area contributed by atoms with Crippen LogP contribution >= 0.6 is 0 Å². The van der Waals surface area contributed by atoms with Crippen molar-refractivity contribution < 1.29 is 24.5 Å². The fraction of sp³-hybridized carbons (Fsp3) is 0.333. The zero-order valence-electron chi connectivity index (χ0n) is 16.5. The molecule has 0 saturated heterocycles. The zero-order valence-corrected chi connectivity index (χ0v) is 16.5. The van der Waals surface area contributed by atoms with Crippen molar-refractivity contribution in [3.63, 3.8) is 0 Å². The molecule has 5 N–H and O–H groups in total. The Morgan fingerprint density at radius 1 is 1.21 bits per heavy atom. The third kappa shape index (κ3) is 7.10. The van der Waals surface area contributed by atoms with Crippen molar-refractivity contribution in [3.8, 4) is 11.5 Å². The number of aromatic hydroxyl groups is 1. The Kier molecular flexibility index (Phi) is 8.45. The van der Waals surface area contributed by atoms with E-state index in [-0.39, 0.29) is 24.0 Å². The molecule has 0 aliphatic carbocycles. The molecule has 0 bridgehead atoms. The first kappa shape index (κ1) is 22.2. The summed E-state index contributed by atoms with van der Waals surface area (Å²) in [5, 5.41) is 28.4. The second-order valence-electron chi connectivity index (χ2n) is 6.70. The number of carbonyl (C=O) groups excluding carboxylic acids is 2. The molecule has 2 unspecified atom stereocenters. The van der Waals surface area contributed by atoms with E-state index in [1.807, 2.05) is 31.2 Å². The summed E-state index contributed by atoms with van der Waals surface area (Å²) in [7, 11) is 1.63. The number of nitrogens with one attached hydrogen (secondary N) is 3. The molecule has 2 aromatic rings. The molecule has 2 rings (SSSR count). The molecule has 8 nitrogen and oxygen atoms in total. The summed E-state index contributed by atoms with van der Waals surface area (Å²) in [6.07, 6.45) is 0.382. The highest BCUT2D eigenvalue weighted by atomic mass is 16.5. The molecule has 8 heteroatoms. The highest BCUT2D eigenvalue weighted by Gasteiger charge is 2.14. The van der Waals surface area contributed by atoms with E-state index in [1.165, 1.54) is 12.1 Å². The number of ether oxygens (including phenoxy) is 1. The van der Waals surface area contributed by atoms with Gasteiger partial charge in [0.25, 0.3) is 0 Å². The number of carbonyl (C=O) groups is 2. The summed E-state index contributed by atoms with van der Waals surface area (Å²) < 4.78 is 5.15. The van der Waals surface area contributed by atoms with Crippen molar-refractivity contribution >= 4 is 18.0 Å². The first-order chi connectivity index (χ1) is 13.9. The molecule has 0 fully saturated rings. The molecular formula is C21H27N3O5. The molecule has 0 aliphatic rings. The van der Waals surface area contributed by atoms with Crippen LogP contribution in [0.5, 0.6) is 11.5 Å². The summed E-state index contributed by atoms with van der Waals surface area (Å²) in [6, 6.07) is 12.5. The lowest BCUT2D eigenvalue weighted by atomic mass is 10.1. The van der Waals surface area contributed by atoms with E-state index in [0.717, 1.165) is 17.7 Å². The molecule has 0 heterocycles. The van der Waals surface area contributed by atoms with Gasteiger partial charge < -0.3 is 30.9 Å². The van der Waals surface area contributed by atoms with Crippen LogP contribution in [0.2, 0.25) is 0 Å². The molecule has 0 aliphatic heterocycles. The lowest BCUT2D eigenvalue weighted by molar-refractivity contribution is -0.118. The minimum Gasteiger partial charge on any atom is -0.506 e. The number of amides is 2. The van der Waals surface area contributed by atoms with Crippen LogP contribution < -0.4 is 20.7 Å². The van der Waals surface area contributed by atoms with Crippen LogP contribution in [0, 0.1) is 0 Å². The fourth-order valence-electron chi connectivity index (χ4n) is 2.81. The van der Waals surface area contributed by atoms with Crippen LogP contribution in [0.4, 0.5) is 5.69 Å². The highest BCUT2D eigenvalue weighted by molar-refractivity contribution is 5.94. The third-order valence-corrected chi connectivity index (χ3v) is 4.39. The van der Waals surface area contributed by atoms with Crippen LogP contribution in [0.25, 0.3) is 0 Å². The summed E-state index contributed by atoms with van der Waals surface area (Å²) in [5.41, 5.74) is 1.87. The Labute approximate surface area is 169 Å². The fourth-order valence-corrected chi connectivity index (χ4v) is 2.81. The minimum absolute atomic E-state index is 0.124. The number of hydrogen-bond donors (Lipinski definition) is 5. The van der Waals surface area contributed by atoms with E-state index in [9.17, 15) is 19.8 Å². The number of phenolic OH excluding ortho intramolecular Hbond substituents is 1. The number of rotatable bonds is 11. The van der Waals surface area contributed by atoms with E-state index in [2.05, 4.69) is 16.0 Å². The largest absolute Gasteiger partial charge is 0.506 e. The van der Waals surface area contributed by atoms with Gasteiger partial charge in [0.1, 0.15) is 11.5 Å². The maximum Gasteiger partial charge on any atom is 0.243 e. The van der Waals surface area contributed by atoms with Crippen molar-refractivity contribution in [2.45, 2.75) is 25.5 Å². The van der Waals surface area contributed by atoms with Crippen molar-refractivity contribution in [1.29, 1.82) is 0 Å². The Hall–Kier alpha value is -3.10. The first-order valence-electron chi connectivity index (χ1n) is 9.27. The average molecular weight is 401 g/mol. The molecule has 29 heavy (non-hydrogen) atoms. The van der Waals surface area contributed by atoms with Crippen molar-refractivity contribution in [2.75, 3.05) is 25.5 Å². The lowest BCUT2D eigenvalue weighted by Crippen LogP contribution is -2.32. The van der Waals surface area contributed by atoms with Gasteiger partial charge in [-0.3, -0.25) is 9.59 Å². The first-order valence-corrected chi connectivity index (χ1v) is 9.27. The molecule has 2 aromatic carbocycles. The number of aliphatic hydroxyl groups excluding tert-OH is 1. The predicted octanol–water partition coefficient (Wildman–Crippen LogP) is 1.34. The van der Waals surface area contributed by atoms with Gasteiger partial charge in [-0.1, -0.05) is 18.2 Å². The van der Waals surface area contributed by atoms with Gasteiger partial charge in [0.2, 0.25) is 12.3 Å². The van der Waals surface area contributed by atoms with Gasteiger partial charge in [-0.25, -0.2) is 0 Å². The van der Waals surface area contributed by atoms with Crippen LogP contribution in [-0.4, -0.2) is 48.8 Å². The van der Waals surface area contributed by atoms with Crippen molar-refractivity contribution in [3.05, 3.63) is 53.6 Å². The van der Waals surface area contributed by atoms with E-state index in [4.69, 9.17) is 4.74 Å². The summed E-state index contributed by atoms with van der Waals surface area (Å²) in [5.74, 6) is 0.202. The van der Waals surface area contributed by atoms with Crippen LogP contribution in [0.15, 0.2) is 42.5 Å². The van der Waals surface area contributed by atoms with E-state index < -0.39 is 12.0 Å². The highest BCUT2D eigenvalue weighted by Crippen LogP contribution is 2.27. The molecule has 0 spiro atoms. The van der Waals surface area contributed by atoms with Gasteiger partial charge in [-0.05, 0) is 48.7 Å². The Bertz CT molecular complexity index is 810. The van der Waals surface area contributed by atoms with Gasteiger partial charge in [0, 0.05) is 12.6 Å². The monoisotopic (exact) mass is 401 g/mol. The summed E-state index contributed by atoms with van der Waals surface area (Å²) >= 11 is 0. The standard InChI is InChI=1S/C21H27N3O5/c1-14(9-15-3-6-17(29-2)7-4-15)23-11-20(27)16-5-8-19(26)18(10-16)24-21(28)12-22-13-25/h3-8,10,13-14,20,23,26-27H,9,11-12H2,1-2H3,(H,22,25)(H,24,28). The van der Waals surface area contributed by atoms with Gasteiger partial charge in [0.15, 0.2) is 0 Å². The molecule has 2 amide bonds. The van der Waals surface area contributed by atoms with Gasteiger partial charge in [-0.15, -0.1) is 0 Å². The number of phenols is 1. The summed E-state index contributed by atoms with van der Waals surface area (Å²) in [4.78, 5) is 22.0. The maximum atomic E-state index is 11.7. The second kappa shape index (κ2) is 11.0. The normalized spacial score (nSPS) is 12.7.